The molecule has 0 aliphatic carbocycles. The third-order valence-corrected chi connectivity index (χ3v) is 1.79. The minimum Gasteiger partial charge on any atom is -0.512 e. The molecule has 0 bridgehead atoms. The summed E-state index contributed by atoms with van der Waals surface area (Å²) in [5.74, 6) is 0.217. The van der Waals surface area contributed by atoms with E-state index < -0.39 is 0 Å². The summed E-state index contributed by atoms with van der Waals surface area (Å²) in [4.78, 5) is 0. The molecule has 0 unspecified atom stereocenters. The molecule has 80 valence electrons. The molecule has 0 saturated carbocycles. The first-order chi connectivity index (χ1) is 6.60. The molecule has 0 aliphatic heterocycles. The number of hydrogen-bond acceptors (Lipinski definition) is 1. The molecule has 0 rings (SSSR count). The van der Waals surface area contributed by atoms with Crippen molar-refractivity contribution in [3.8, 4) is 0 Å². The molecule has 0 amide bonds. The van der Waals surface area contributed by atoms with Gasteiger partial charge in [-0.3, -0.25) is 0 Å². The molecule has 0 atom stereocenters. The van der Waals surface area contributed by atoms with Gasteiger partial charge in [0.15, 0.2) is 0 Å². The zero-order valence-corrected chi connectivity index (χ0v) is 9.18. The lowest BCUT2D eigenvalue weighted by molar-refractivity contribution is 0.395. The van der Waals surface area contributed by atoms with E-state index in [-0.39, 0.29) is 5.83 Å². The highest BCUT2D eigenvalue weighted by Gasteiger charge is 1.94. The van der Waals surface area contributed by atoms with Crippen LogP contribution in [0.4, 0.5) is 4.39 Å². The van der Waals surface area contributed by atoms with Gasteiger partial charge < -0.3 is 5.11 Å². The summed E-state index contributed by atoms with van der Waals surface area (Å²) in [5, 5.41) is 9.35. The number of aliphatic hydroxyl groups excluding tert-OH is 1. The summed E-state index contributed by atoms with van der Waals surface area (Å²) in [6.45, 7) is 5.61. The van der Waals surface area contributed by atoms with E-state index in [0.29, 0.717) is 18.6 Å². The molecule has 0 fully saturated rings. The lowest BCUT2D eigenvalue weighted by Gasteiger charge is -1.99. The Labute approximate surface area is 85.6 Å². The average Bonchev–Trinajstić information content (AvgIpc) is 2.14. The maximum atomic E-state index is 12.7. The summed E-state index contributed by atoms with van der Waals surface area (Å²) in [7, 11) is 0. The first-order valence-electron chi connectivity index (χ1n) is 5.00. The fourth-order valence-electron chi connectivity index (χ4n) is 1.00. The molecule has 0 aromatic rings. The van der Waals surface area contributed by atoms with Crippen molar-refractivity contribution in [2.45, 2.75) is 40.0 Å². The lowest BCUT2D eigenvalue weighted by atomic mass is 10.1. The largest absolute Gasteiger partial charge is 0.512 e. The predicted molar refractivity (Wildman–Crippen MR) is 58.9 cm³/mol. The molecule has 0 saturated heterocycles. The molecular weight excluding hydrogens is 179 g/mol. The fraction of sp³-hybridized carbons (Fsp3) is 0.500. The second-order valence-electron chi connectivity index (χ2n) is 3.26. The first kappa shape index (κ1) is 12.9. The van der Waals surface area contributed by atoms with Gasteiger partial charge in [0.1, 0.15) is 0 Å². The van der Waals surface area contributed by atoms with Crippen molar-refractivity contribution in [3.63, 3.8) is 0 Å². The zero-order valence-electron chi connectivity index (χ0n) is 9.18. The summed E-state index contributed by atoms with van der Waals surface area (Å²) in [5.41, 5.74) is 0.954. The van der Waals surface area contributed by atoms with E-state index in [0.717, 1.165) is 12.0 Å². The SMILES string of the molecule is CC/C=C(\O)C/C(C)=C/C=C(/F)CC. The van der Waals surface area contributed by atoms with Crippen LogP contribution in [0.15, 0.2) is 35.4 Å². The summed E-state index contributed by atoms with van der Waals surface area (Å²) in [6, 6.07) is 0. The highest BCUT2D eigenvalue weighted by molar-refractivity contribution is 5.16. The number of aliphatic hydroxyl groups is 1. The Morgan fingerprint density at radius 3 is 2.43 bits per heavy atom. The van der Waals surface area contributed by atoms with Gasteiger partial charge in [0, 0.05) is 6.42 Å². The van der Waals surface area contributed by atoms with Crippen LogP contribution < -0.4 is 0 Å². The van der Waals surface area contributed by atoms with E-state index in [2.05, 4.69) is 0 Å². The molecule has 0 spiro atoms. The number of rotatable bonds is 5. The molecule has 0 radical (unpaired) electrons. The van der Waals surface area contributed by atoms with Gasteiger partial charge in [-0.15, -0.1) is 0 Å². The number of allylic oxidation sites excluding steroid dienone is 5. The number of hydrogen-bond donors (Lipinski definition) is 1. The van der Waals surface area contributed by atoms with E-state index in [1.165, 1.54) is 6.08 Å². The summed E-state index contributed by atoms with van der Waals surface area (Å²) < 4.78 is 12.7. The van der Waals surface area contributed by atoms with Crippen molar-refractivity contribution in [2.75, 3.05) is 0 Å². The van der Waals surface area contributed by atoms with E-state index in [4.69, 9.17) is 0 Å². The van der Waals surface area contributed by atoms with Crippen LogP contribution in [0.1, 0.15) is 40.0 Å². The van der Waals surface area contributed by atoms with Crippen LogP contribution in [0, 0.1) is 0 Å². The van der Waals surface area contributed by atoms with Crippen molar-refractivity contribution in [1.29, 1.82) is 0 Å². The van der Waals surface area contributed by atoms with Gasteiger partial charge in [-0.1, -0.05) is 25.5 Å². The predicted octanol–water partition coefficient (Wildman–Crippen LogP) is 4.44. The van der Waals surface area contributed by atoms with Crippen LogP contribution in [-0.2, 0) is 0 Å². The molecule has 0 aromatic carbocycles. The monoisotopic (exact) mass is 198 g/mol. The maximum Gasteiger partial charge on any atom is 0.0996 e. The van der Waals surface area contributed by atoms with Gasteiger partial charge in [-0.2, -0.15) is 0 Å². The highest BCUT2D eigenvalue weighted by atomic mass is 19.1. The van der Waals surface area contributed by atoms with Crippen molar-refractivity contribution in [1.82, 2.24) is 0 Å². The molecule has 2 heteroatoms. The lowest BCUT2D eigenvalue weighted by Crippen LogP contribution is -1.83. The molecule has 1 N–H and O–H groups in total. The minimum atomic E-state index is -0.136. The summed E-state index contributed by atoms with van der Waals surface area (Å²) in [6.07, 6.45) is 6.66. The van der Waals surface area contributed by atoms with Crippen molar-refractivity contribution in [2.24, 2.45) is 0 Å². The standard InChI is InChI=1S/C12H19FO/c1-4-6-12(14)9-10(3)7-8-11(13)5-2/h6-8,14H,4-5,9H2,1-3H3/b10-7+,11-8+,12-6-. The topological polar surface area (TPSA) is 20.2 Å². The van der Waals surface area contributed by atoms with E-state index in [1.54, 1.807) is 19.1 Å². The first-order valence-corrected chi connectivity index (χ1v) is 5.00. The molecule has 1 nitrogen and oxygen atoms in total. The van der Waals surface area contributed by atoms with Crippen molar-refractivity contribution < 1.29 is 9.50 Å². The van der Waals surface area contributed by atoms with Gasteiger partial charge in [0.25, 0.3) is 0 Å². The molecule has 0 heterocycles. The van der Waals surface area contributed by atoms with Crippen LogP contribution in [-0.4, -0.2) is 5.11 Å². The Bertz CT molecular complexity index is 249. The van der Waals surface area contributed by atoms with Crippen LogP contribution >= 0.6 is 0 Å². The van der Waals surface area contributed by atoms with Crippen LogP contribution in [0.25, 0.3) is 0 Å². The van der Waals surface area contributed by atoms with E-state index in [9.17, 15) is 9.50 Å². The van der Waals surface area contributed by atoms with Gasteiger partial charge >= 0.3 is 0 Å². The zero-order chi connectivity index (χ0) is 11.0. The minimum absolute atomic E-state index is 0.136. The highest BCUT2D eigenvalue weighted by Crippen LogP contribution is 2.10. The Balaban J connectivity index is 4.20. The molecule has 0 aromatic heterocycles. The van der Waals surface area contributed by atoms with Crippen LogP contribution in [0.2, 0.25) is 0 Å². The molecule has 0 aliphatic rings. The van der Waals surface area contributed by atoms with Gasteiger partial charge in [0.05, 0.1) is 11.6 Å². The smallest absolute Gasteiger partial charge is 0.0996 e. The Morgan fingerprint density at radius 2 is 1.93 bits per heavy atom. The average molecular weight is 198 g/mol. The second kappa shape index (κ2) is 7.36. The van der Waals surface area contributed by atoms with E-state index in [1.807, 2.05) is 13.8 Å². The third-order valence-electron chi connectivity index (χ3n) is 1.79. The van der Waals surface area contributed by atoms with Gasteiger partial charge in [-0.05, 0) is 31.9 Å². The molecular formula is C12H19FO. The quantitative estimate of drug-likeness (QED) is 0.511. The van der Waals surface area contributed by atoms with Crippen molar-refractivity contribution >= 4 is 0 Å². The normalized spacial score (nSPS) is 14.7. The Kier molecular flexibility index (Phi) is 6.81. The van der Waals surface area contributed by atoms with Gasteiger partial charge in [-0.25, -0.2) is 4.39 Å². The Morgan fingerprint density at radius 1 is 1.29 bits per heavy atom. The van der Waals surface area contributed by atoms with Crippen LogP contribution in [0.3, 0.4) is 0 Å². The van der Waals surface area contributed by atoms with Crippen LogP contribution in [0.5, 0.6) is 0 Å². The number of halogens is 1. The van der Waals surface area contributed by atoms with E-state index >= 15 is 0 Å². The summed E-state index contributed by atoms with van der Waals surface area (Å²) >= 11 is 0. The molecule has 14 heavy (non-hydrogen) atoms. The second-order valence-corrected chi connectivity index (χ2v) is 3.26. The van der Waals surface area contributed by atoms with Crippen molar-refractivity contribution in [3.05, 3.63) is 35.4 Å². The Hall–Kier alpha value is -1.05. The third kappa shape index (κ3) is 6.46. The maximum absolute atomic E-state index is 12.7. The fourth-order valence-corrected chi connectivity index (χ4v) is 1.00. The van der Waals surface area contributed by atoms with Gasteiger partial charge in [0.2, 0.25) is 0 Å².